The zero-order chi connectivity index (χ0) is 35.9. The van der Waals surface area contributed by atoms with E-state index in [0.29, 0.717) is 17.4 Å². The lowest BCUT2D eigenvalue weighted by Crippen LogP contribution is -2.42. The van der Waals surface area contributed by atoms with Gasteiger partial charge in [0, 0.05) is 37.9 Å². The first kappa shape index (κ1) is 42.0. The zero-order valence-corrected chi connectivity index (χ0v) is 30.0. The fourth-order valence-corrected chi connectivity index (χ4v) is 5.07. The van der Waals surface area contributed by atoms with Crippen molar-refractivity contribution in [2.24, 2.45) is 23.5 Å². The van der Waals surface area contributed by atoms with Gasteiger partial charge in [-0.15, -0.1) is 0 Å². The van der Waals surface area contributed by atoms with E-state index in [2.05, 4.69) is 49.5 Å². The molecule has 5 N–H and O–H groups in total. The van der Waals surface area contributed by atoms with Crippen LogP contribution in [-0.2, 0) is 14.4 Å². The number of rotatable bonds is 21. The predicted molar refractivity (Wildman–Crippen MR) is 199 cm³/mol. The highest BCUT2D eigenvalue weighted by atomic mass is 16.3. The molecular weight excluding hydrogens is 600 g/mol. The van der Waals surface area contributed by atoms with E-state index in [0.717, 1.165) is 50.6 Å². The molecule has 4 atom stereocenters. The second kappa shape index (κ2) is 24.2. The standard InChI is InChI=1S/C40H60N4O4/c1-30(21-15-12-13-20-28-44(6)40(41)42)22-16-14-17-23-31(2)29-34(5)38(47)32(3)24-18-10-8-7-9-11-19-25-33(4)39(48)43-37-35(45)26-27-36(37)46/h7-12,15-16,18-19,22,24-25,29-32,37-38,47H,13-14,17,20-21,23,26-28H2,1-6H3,(H3,41,42)(H,43,48)/b9-7+,10-8+,15-12?,19-11?,22-16?,24-18+,33-25?,34-29?. The second-order valence-electron chi connectivity index (χ2n) is 12.9. The maximum Gasteiger partial charge on any atom is 0.247 e. The van der Waals surface area contributed by atoms with Crippen molar-refractivity contribution in [3.05, 3.63) is 96.2 Å². The summed E-state index contributed by atoms with van der Waals surface area (Å²) in [5.74, 6) is 0.131. The minimum atomic E-state index is -1.00. The van der Waals surface area contributed by atoms with Crippen molar-refractivity contribution in [3.8, 4) is 0 Å². The summed E-state index contributed by atoms with van der Waals surface area (Å²) in [6, 6.07) is -1.00. The number of aliphatic hydroxyl groups is 1. The molecule has 0 aliphatic heterocycles. The molecule has 1 aliphatic carbocycles. The van der Waals surface area contributed by atoms with Crippen molar-refractivity contribution < 1.29 is 19.5 Å². The van der Waals surface area contributed by atoms with Gasteiger partial charge in [-0.3, -0.25) is 19.8 Å². The van der Waals surface area contributed by atoms with E-state index in [1.54, 1.807) is 30.1 Å². The zero-order valence-electron chi connectivity index (χ0n) is 30.0. The van der Waals surface area contributed by atoms with Crippen molar-refractivity contribution in [2.75, 3.05) is 13.6 Å². The van der Waals surface area contributed by atoms with Crippen LogP contribution in [0.15, 0.2) is 96.2 Å². The molecule has 1 rings (SSSR count). The topological polar surface area (TPSA) is 137 Å². The largest absolute Gasteiger partial charge is 0.388 e. The van der Waals surface area contributed by atoms with Crippen LogP contribution in [0.1, 0.15) is 86.0 Å². The van der Waals surface area contributed by atoms with Crippen molar-refractivity contribution >= 4 is 23.4 Å². The normalized spacial score (nSPS) is 18.0. The van der Waals surface area contributed by atoms with E-state index < -0.39 is 18.1 Å². The molecule has 8 nitrogen and oxygen atoms in total. The Hall–Kier alpha value is -4.04. The molecule has 0 spiro atoms. The van der Waals surface area contributed by atoms with E-state index in [4.69, 9.17) is 11.1 Å². The molecule has 0 aromatic heterocycles. The highest BCUT2D eigenvalue weighted by Gasteiger charge is 2.34. The van der Waals surface area contributed by atoms with E-state index >= 15 is 0 Å². The van der Waals surface area contributed by atoms with Crippen LogP contribution in [0, 0.1) is 23.2 Å². The van der Waals surface area contributed by atoms with E-state index in [-0.39, 0.29) is 36.3 Å². The van der Waals surface area contributed by atoms with E-state index in [1.807, 2.05) is 57.4 Å². The van der Waals surface area contributed by atoms with Crippen LogP contribution < -0.4 is 11.1 Å². The van der Waals surface area contributed by atoms with Crippen LogP contribution in [0.25, 0.3) is 0 Å². The number of nitrogens with one attached hydrogen (secondary N) is 2. The lowest BCUT2D eigenvalue weighted by Gasteiger charge is -2.18. The van der Waals surface area contributed by atoms with Gasteiger partial charge < -0.3 is 21.1 Å². The van der Waals surface area contributed by atoms with Gasteiger partial charge in [-0.1, -0.05) is 106 Å². The second-order valence-corrected chi connectivity index (χ2v) is 12.9. The summed E-state index contributed by atoms with van der Waals surface area (Å²) in [5, 5.41) is 20.7. The van der Waals surface area contributed by atoms with Crippen molar-refractivity contribution in [2.45, 2.75) is 98.1 Å². The molecule has 8 heteroatoms. The fraction of sp³-hybridized carbons (Fsp3) is 0.500. The van der Waals surface area contributed by atoms with Crippen LogP contribution in [0.4, 0.5) is 0 Å². The number of nitrogens with two attached hydrogens (primary N) is 1. The first-order valence-corrected chi connectivity index (χ1v) is 17.3. The molecule has 0 heterocycles. The highest BCUT2D eigenvalue weighted by molar-refractivity contribution is 6.15. The molecule has 48 heavy (non-hydrogen) atoms. The Morgan fingerprint density at radius 3 is 2.17 bits per heavy atom. The molecule has 1 saturated carbocycles. The Morgan fingerprint density at radius 2 is 1.52 bits per heavy atom. The molecule has 264 valence electrons. The van der Waals surface area contributed by atoms with Crippen LogP contribution in [-0.4, -0.2) is 59.2 Å². The van der Waals surface area contributed by atoms with Gasteiger partial charge in [0.25, 0.3) is 0 Å². The van der Waals surface area contributed by atoms with Crippen LogP contribution in [0.5, 0.6) is 0 Å². The van der Waals surface area contributed by atoms with Gasteiger partial charge in [-0.05, 0) is 69.8 Å². The molecule has 0 aromatic carbocycles. The van der Waals surface area contributed by atoms with Crippen molar-refractivity contribution in [1.82, 2.24) is 10.2 Å². The van der Waals surface area contributed by atoms with Crippen molar-refractivity contribution in [3.63, 3.8) is 0 Å². The highest BCUT2D eigenvalue weighted by Crippen LogP contribution is 2.19. The number of aliphatic hydroxyl groups excluding tert-OH is 1. The number of unbranched alkanes of at least 4 members (excludes halogenated alkanes) is 2. The van der Waals surface area contributed by atoms with Gasteiger partial charge in [0.2, 0.25) is 5.91 Å². The number of carbonyl (C=O) groups excluding carboxylic acids is 3. The van der Waals surface area contributed by atoms with Crippen LogP contribution in [0.3, 0.4) is 0 Å². The minimum absolute atomic E-state index is 0.0172. The summed E-state index contributed by atoms with van der Waals surface area (Å²) in [6.45, 7) is 10.9. The molecule has 1 amide bonds. The Balaban J connectivity index is 2.32. The lowest BCUT2D eigenvalue weighted by molar-refractivity contribution is -0.129. The summed E-state index contributed by atoms with van der Waals surface area (Å²) >= 11 is 0. The summed E-state index contributed by atoms with van der Waals surface area (Å²) in [6.07, 6.45) is 33.9. The quantitative estimate of drug-likeness (QED) is 0.0198. The third kappa shape index (κ3) is 18.3. The third-order valence-corrected chi connectivity index (χ3v) is 8.28. The maximum absolute atomic E-state index is 12.2. The summed E-state index contributed by atoms with van der Waals surface area (Å²) in [5.41, 5.74) is 6.86. The Kier molecular flexibility index (Phi) is 21.1. The Morgan fingerprint density at radius 1 is 0.917 bits per heavy atom. The number of hydrogen-bond acceptors (Lipinski definition) is 5. The average Bonchev–Trinajstić information content (AvgIpc) is 3.36. The molecule has 0 saturated heterocycles. The molecule has 4 unspecified atom stereocenters. The van der Waals surface area contributed by atoms with Gasteiger partial charge in [0.15, 0.2) is 17.5 Å². The monoisotopic (exact) mass is 660 g/mol. The molecule has 0 bridgehead atoms. The van der Waals surface area contributed by atoms with Crippen molar-refractivity contribution in [1.29, 1.82) is 5.41 Å². The minimum Gasteiger partial charge on any atom is -0.388 e. The fourth-order valence-electron chi connectivity index (χ4n) is 5.07. The molecular formula is C40H60N4O4. The number of nitrogens with zero attached hydrogens (tertiary/aromatic N) is 1. The first-order valence-electron chi connectivity index (χ1n) is 17.3. The predicted octanol–water partition coefficient (Wildman–Crippen LogP) is 7.07. The Labute approximate surface area is 289 Å². The molecule has 1 fully saturated rings. The smallest absolute Gasteiger partial charge is 0.247 e. The summed E-state index contributed by atoms with van der Waals surface area (Å²) < 4.78 is 0. The lowest BCUT2D eigenvalue weighted by atomic mass is 9.93. The van der Waals surface area contributed by atoms with E-state index in [9.17, 15) is 19.5 Å². The maximum atomic E-state index is 12.2. The van der Waals surface area contributed by atoms with Gasteiger partial charge in [-0.2, -0.15) is 0 Å². The first-order chi connectivity index (χ1) is 22.8. The molecule has 0 radical (unpaired) electrons. The number of amides is 1. The summed E-state index contributed by atoms with van der Waals surface area (Å²) in [4.78, 5) is 37.3. The SMILES string of the molecule is CC(=CC=C/C=C/C=C/C=C/C(C)C(O)C(C)=CC(C)CCCC=CC(C)CC=CCCCN(C)C(=N)N)C(=O)NC1C(=O)CCC1=O. The van der Waals surface area contributed by atoms with Gasteiger partial charge in [0.1, 0.15) is 6.04 Å². The molecule has 1 aliphatic rings. The number of Topliss-reactive ketones (excluding diaryl/α,β-unsaturated/α-hetero) is 2. The summed E-state index contributed by atoms with van der Waals surface area (Å²) in [7, 11) is 1.84. The number of ketones is 2. The Bertz CT molecular complexity index is 1270. The number of hydrogen-bond donors (Lipinski definition) is 4. The van der Waals surface area contributed by atoms with E-state index in [1.165, 1.54) is 0 Å². The number of carbonyl (C=O) groups is 3. The number of allylic oxidation sites excluding steroid dienone is 13. The number of guanidine groups is 1. The van der Waals surface area contributed by atoms with Gasteiger partial charge in [0.05, 0.1) is 6.10 Å². The van der Waals surface area contributed by atoms with Gasteiger partial charge in [-0.25, -0.2) is 0 Å². The third-order valence-electron chi connectivity index (χ3n) is 8.28. The molecule has 0 aromatic rings. The average molecular weight is 661 g/mol. The van der Waals surface area contributed by atoms with Crippen LogP contribution in [0.2, 0.25) is 0 Å². The van der Waals surface area contributed by atoms with Crippen LogP contribution >= 0.6 is 0 Å². The van der Waals surface area contributed by atoms with Gasteiger partial charge >= 0.3 is 0 Å².